The summed E-state index contributed by atoms with van der Waals surface area (Å²) in [5.41, 5.74) is 1.13. The highest BCUT2D eigenvalue weighted by Crippen LogP contribution is 2.36. The van der Waals surface area contributed by atoms with Crippen molar-refractivity contribution in [2.24, 2.45) is 0 Å². The van der Waals surface area contributed by atoms with E-state index >= 15 is 0 Å². The summed E-state index contributed by atoms with van der Waals surface area (Å²) in [5, 5.41) is 30.3. The van der Waals surface area contributed by atoms with Crippen LogP contribution in [0.5, 0.6) is 11.5 Å². The molecule has 0 saturated carbocycles. The van der Waals surface area contributed by atoms with E-state index in [4.69, 9.17) is 11.6 Å². The number of phenolic OH excluding ortho intramolecular Hbond substituents is 2. The molecule has 0 aromatic heterocycles. The number of aromatic hydroxyl groups is 2. The molecular weight excluding hydrogens is 282 g/mol. The van der Waals surface area contributed by atoms with Gasteiger partial charge < -0.3 is 10.2 Å². The Bertz CT molecular complexity index is 640. The number of phenols is 2. The van der Waals surface area contributed by atoms with Gasteiger partial charge >= 0.3 is 5.69 Å². The maximum Gasteiger partial charge on any atom is 0.314 e. The van der Waals surface area contributed by atoms with Gasteiger partial charge in [0.25, 0.3) is 0 Å². The third-order valence-corrected chi connectivity index (χ3v) is 3.19. The minimum absolute atomic E-state index is 0.481. The van der Waals surface area contributed by atoms with Crippen LogP contribution in [-0.2, 0) is 12.8 Å². The van der Waals surface area contributed by atoms with Crippen molar-refractivity contribution in [3.8, 4) is 11.5 Å². The third-order valence-electron chi connectivity index (χ3n) is 2.94. The van der Waals surface area contributed by atoms with E-state index in [1.807, 2.05) is 12.1 Å². The molecule has 2 N–H and O–H groups in total. The number of nitro groups is 1. The van der Waals surface area contributed by atoms with Crippen molar-refractivity contribution in [2.45, 2.75) is 12.8 Å². The molecule has 0 amide bonds. The zero-order valence-electron chi connectivity index (χ0n) is 10.4. The molecule has 0 unspecified atom stereocenters. The van der Waals surface area contributed by atoms with E-state index < -0.39 is 22.1 Å². The van der Waals surface area contributed by atoms with Crippen molar-refractivity contribution in [1.29, 1.82) is 0 Å². The van der Waals surface area contributed by atoms with Crippen LogP contribution in [0.3, 0.4) is 0 Å². The van der Waals surface area contributed by atoms with Crippen molar-refractivity contribution in [3.05, 3.63) is 62.7 Å². The predicted octanol–water partition coefficient (Wildman–Crippen LogP) is 3.44. The van der Waals surface area contributed by atoms with E-state index in [0.29, 0.717) is 23.4 Å². The molecule has 0 saturated heterocycles. The largest absolute Gasteiger partial charge is 0.504 e. The Hall–Kier alpha value is -2.27. The van der Waals surface area contributed by atoms with Gasteiger partial charge in [-0.1, -0.05) is 23.7 Å². The Balaban J connectivity index is 2.17. The van der Waals surface area contributed by atoms with Gasteiger partial charge in [-0.3, -0.25) is 10.1 Å². The van der Waals surface area contributed by atoms with E-state index in [1.165, 1.54) is 12.1 Å². The van der Waals surface area contributed by atoms with Crippen molar-refractivity contribution < 1.29 is 15.1 Å². The van der Waals surface area contributed by atoms with E-state index in [1.54, 1.807) is 12.1 Å². The van der Waals surface area contributed by atoms with Gasteiger partial charge in [0.1, 0.15) is 0 Å². The van der Waals surface area contributed by atoms with Crippen LogP contribution in [0.4, 0.5) is 5.69 Å². The lowest BCUT2D eigenvalue weighted by atomic mass is 10.0. The molecule has 5 nitrogen and oxygen atoms in total. The van der Waals surface area contributed by atoms with Crippen LogP contribution < -0.4 is 0 Å². The summed E-state index contributed by atoms with van der Waals surface area (Å²) in [6.45, 7) is 0. The Morgan fingerprint density at radius 2 is 1.65 bits per heavy atom. The molecule has 0 aliphatic heterocycles. The molecule has 20 heavy (non-hydrogen) atoms. The first-order valence-electron chi connectivity index (χ1n) is 5.91. The van der Waals surface area contributed by atoms with Gasteiger partial charge in [-0.05, 0) is 42.2 Å². The SMILES string of the molecule is O=[N+]([O-])c1cc(CCc2ccc(Cl)cc2)cc(O)c1O. The van der Waals surface area contributed by atoms with Crippen LogP contribution >= 0.6 is 11.6 Å². The van der Waals surface area contributed by atoms with E-state index in [9.17, 15) is 20.3 Å². The number of benzene rings is 2. The summed E-state index contributed by atoms with van der Waals surface area (Å²) in [7, 11) is 0. The van der Waals surface area contributed by atoms with E-state index in [0.717, 1.165) is 5.56 Å². The molecular formula is C14H12ClNO4. The van der Waals surface area contributed by atoms with E-state index in [-0.39, 0.29) is 0 Å². The molecule has 0 spiro atoms. The molecule has 0 radical (unpaired) electrons. The summed E-state index contributed by atoms with van der Waals surface area (Å²) in [4.78, 5) is 10.0. The Morgan fingerprint density at radius 3 is 2.25 bits per heavy atom. The van der Waals surface area contributed by atoms with Crippen LogP contribution in [-0.4, -0.2) is 15.1 Å². The molecule has 0 fully saturated rings. The van der Waals surface area contributed by atoms with Gasteiger partial charge in [0.15, 0.2) is 5.75 Å². The number of aryl methyl sites for hydroxylation is 2. The smallest absolute Gasteiger partial charge is 0.314 e. The fourth-order valence-electron chi connectivity index (χ4n) is 1.88. The maximum atomic E-state index is 10.8. The van der Waals surface area contributed by atoms with Crippen LogP contribution in [0.2, 0.25) is 5.02 Å². The third kappa shape index (κ3) is 3.19. The van der Waals surface area contributed by atoms with Gasteiger partial charge in [0.2, 0.25) is 5.75 Å². The fraction of sp³-hybridized carbons (Fsp3) is 0.143. The maximum absolute atomic E-state index is 10.8. The van der Waals surface area contributed by atoms with Crippen molar-refractivity contribution in [1.82, 2.24) is 0 Å². The Kier molecular flexibility index (Phi) is 4.10. The number of nitro benzene ring substituents is 1. The van der Waals surface area contributed by atoms with Gasteiger partial charge in [-0.2, -0.15) is 0 Å². The minimum atomic E-state index is -0.721. The fourth-order valence-corrected chi connectivity index (χ4v) is 2.01. The summed E-state index contributed by atoms with van der Waals surface area (Å²) >= 11 is 5.79. The lowest BCUT2D eigenvalue weighted by Crippen LogP contribution is -1.95. The lowest BCUT2D eigenvalue weighted by Gasteiger charge is -2.05. The standard InChI is InChI=1S/C14H12ClNO4/c15-11-5-3-9(4-6-11)1-2-10-7-12(16(19)20)14(18)13(17)8-10/h3-8,17-18H,1-2H2. The molecule has 0 heterocycles. The van der Waals surface area contributed by atoms with Gasteiger partial charge in [0, 0.05) is 11.1 Å². The molecule has 6 heteroatoms. The average molecular weight is 294 g/mol. The number of hydrogen-bond donors (Lipinski definition) is 2. The van der Waals surface area contributed by atoms with Crippen molar-refractivity contribution in [2.75, 3.05) is 0 Å². The molecule has 104 valence electrons. The number of nitrogens with zero attached hydrogens (tertiary/aromatic N) is 1. The molecule has 2 aromatic rings. The topological polar surface area (TPSA) is 83.6 Å². The first-order valence-corrected chi connectivity index (χ1v) is 6.29. The van der Waals surface area contributed by atoms with Gasteiger partial charge in [0.05, 0.1) is 4.92 Å². The predicted molar refractivity (Wildman–Crippen MR) is 75.3 cm³/mol. The summed E-state index contributed by atoms with van der Waals surface area (Å²) in [5.74, 6) is -1.18. The van der Waals surface area contributed by atoms with Crippen molar-refractivity contribution in [3.63, 3.8) is 0 Å². The highest BCUT2D eigenvalue weighted by Gasteiger charge is 2.18. The zero-order chi connectivity index (χ0) is 14.7. The molecule has 0 aliphatic rings. The number of hydrogen-bond acceptors (Lipinski definition) is 4. The van der Waals surface area contributed by atoms with Gasteiger partial charge in [-0.25, -0.2) is 0 Å². The van der Waals surface area contributed by atoms with Crippen LogP contribution in [0.25, 0.3) is 0 Å². The summed E-state index contributed by atoms with van der Waals surface area (Å²) < 4.78 is 0. The van der Waals surface area contributed by atoms with Crippen LogP contribution in [0.1, 0.15) is 11.1 Å². The second-order valence-corrected chi connectivity index (χ2v) is 4.80. The minimum Gasteiger partial charge on any atom is -0.504 e. The van der Waals surface area contributed by atoms with Gasteiger partial charge in [-0.15, -0.1) is 0 Å². The summed E-state index contributed by atoms with van der Waals surface area (Å²) in [6.07, 6.45) is 1.16. The molecule has 2 rings (SSSR count). The monoisotopic (exact) mass is 293 g/mol. The molecule has 0 atom stereocenters. The summed E-state index contributed by atoms with van der Waals surface area (Å²) in [6, 6.07) is 9.89. The molecule has 0 bridgehead atoms. The van der Waals surface area contributed by atoms with Crippen LogP contribution in [0, 0.1) is 10.1 Å². The quantitative estimate of drug-likeness (QED) is 0.514. The number of halogens is 1. The molecule has 0 aliphatic carbocycles. The Labute approximate surface area is 120 Å². The molecule has 2 aromatic carbocycles. The van der Waals surface area contributed by atoms with Crippen molar-refractivity contribution >= 4 is 17.3 Å². The first-order chi connectivity index (χ1) is 9.47. The average Bonchev–Trinajstić information content (AvgIpc) is 2.41. The second-order valence-electron chi connectivity index (χ2n) is 4.37. The Morgan fingerprint density at radius 1 is 1.05 bits per heavy atom. The lowest BCUT2D eigenvalue weighted by molar-refractivity contribution is -0.386. The van der Waals surface area contributed by atoms with Crippen LogP contribution in [0.15, 0.2) is 36.4 Å². The zero-order valence-corrected chi connectivity index (χ0v) is 11.2. The number of rotatable bonds is 4. The highest BCUT2D eigenvalue weighted by atomic mass is 35.5. The first kappa shape index (κ1) is 14.1. The normalized spacial score (nSPS) is 10.4. The van der Waals surface area contributed by atoms with E-state index in [2.05, 4.69) is 0 Å². The highest BCUT2D eigenvalue weighted by molar-refractivity contribution is 6.30. The second kappa shape index (κ2) is 5.79.